The van der Waals surface area contributed by atoms with Crippen molar-refractivity contribution in [2.75, 3.05) is 0 Å². The minimum Gasteiger partial charge on any atom is -0.422 e. The van der Waals surface area contributed by atoms with Crippen LogP contribution in [0.4, 0.5) is 11.4 Å². The van der Waals surface area contributed by atoms with Gasteiger partial charge in [0.25, 0.3) is 0 Å². The second kappa shape index (κ2) is 3.98. The lowest BCUT2D eigenvalue weighted by Gasteiger charge is -2.01. The molecule has 1 aromatic rings. The Bertz CT molecular complexity index is 337. The van der Waals surface area contributed by atoms with Gasteiger partial charge in [-0.1, -0.05) is 24.3 Å². The van der Waals surface area contributed by atoms with Crippen molar-refractivity contribution in [3.8, 4) is 0 Å². The number of hydrogen-bond donors (Lipinski definition) is 0. The molecule has 4 nitrogen and oxygen atoms in total. The van der Waals surface area contributed by atoms with Gasteiger partial charge in [-0.25, -0.2) is 0 Å². The molecule has 0 aliphatic heterocycles. The summed E-state index contributed by atoms with van der Waals surface area (Å²) in [5.41, 5.74) is 1.02. The first kappa shape index (κ1) is 8.08. The van der Waals surface area contributed by atoms with Crippen molar-refractivity contribution in [3.05, 3.63) is 35.1 Å². The summed E-state index contributed by atoms with van der Waals surface area (Å²) in [5, 5.41) is 16.5. The monoisotopic (exact) mass is 156 g/mol. The van der Waals surface area contributed by atoms with Crippen LogP contribution in [0, 0.1) is 0 Å². The number of aliphatic imine (C=N–C) groups is 2. The Labute approximate surface area is 69.3 Å². The predicted molar refractivity (Wildman–Crippen MR) is 47.4 cm³/mol. The quantitative estimate of drug-likeness (QED) is 0.590. The lowest BCUT2D eigenvalue weighted by molar-refractivity contribution is 1.49. The minimum absolute atomic E-state index is 0.508. The Morgan fingerprint density at radius 2 is 1.50 bits per heavy atom. The second-order valence-corrected chi connectivity index (χ2v) is 1.94. The molecule has 0 radical (unpaired) electrons. The lowest BCUT2D eigenvalue weighted by Crippen LogP contribution is -1.64. The molecule has 0 saturated heterocycles. The van der Waals surface area contributed by atoms with E-state index in [4.69, 9.17) is 10.8 Å². The Hall–Kier alpha value is -2.02. The number of nitrogens with zero attached hydrogens (tertiary/aromatic N) is 4. The summed E-state index contributed by atoms with van der Waals surface area (Å²) in [7, 11) is 0. The van der Waals surface area contributed by atoms with Crippen molar-refractivity contribution in [2.24, 2.45) is 9.98 Å². The van der Waals surface area contributed by atoms with E-state index in [0.29, 0.717) is 11.4 Å². The van der Waals surface area contributed by atoms with E-state index < -0.39 is 0 Å². The van der Waals surface area contributed by atoms with Gasteiger partial charge in [-0.3, -0.25) is 0 Å². The molecule has 0 unspecified atom stereocenters. The topological polar surface area (TPSA) is 69.3 Å². The third-order valence-corrected chi connectivity index (χ3v) is 1.19. The van der Waals surface area contributed by atoms with Gasteiger partial charge in [0.15, 0.2) is 0 Å². The van der Waals surface area contributed by atoms with E-state index in [0.717, 1.165) is 0 Å². The van der Waals surface area contributed by atoms with Crippen LogP contribution in [-0.2, 0) is 0 Å². The molecule has 1 rings (SSSR count). The molecule has 0 amide bonds. The van der Waals surface area contributed by atoms with Crippen molar-refractivity contribution in [3.63, 3.8) is 0 Å². The van der Waals surface area contributed by atoms with Gasteiger partial charge in [-0.2, -0.15) is 12.0 Å². The molecule has 0 spiro atoms. The van der Waals surface area contributed by atoms with E-state index in [2.05, 4.69) is 9.98 Å². The Morgan fingerprint density at radius 3 is 1.92 bits per heavy atom. The number of rotatable bonds is 2. The van der Waals surface area contributed by atoms with Crippen molar-refractivity contribution in [1.82, 2.24) is 0 Å². The van der Waals surface area contributed by atoms with E-state index in [-0.39, 0.29) is 0 Å². The average Bonchev–Trinajstić information content (AvgIpc) is 2.06. The molecule has 0 atom stereocenters. The van der Waals surface area contributed by atoms with Crippen LogP contribution in [0.15, 0.2) is 34.3 Å². The summed E-state index contributed by atoms with van der Waals surface area (Å²) in [4.78, 5) is 6.97. The highest BCUT2D eigenvalue weighted by molar-refractivity contribution is 5.61. The SMILES string of the molecule is [N-]=C=Nc1cccc(N=C=[N-])c1. The summed E-state index contributed by atoms with van der Waals surface area (Å²) in [6.07, 6.45) is 0. The van der Waals surface area contributed by atoms with Crippen molar-refractivity contribution >= 4 is 23.4 Å². The van der Waals surface area contributed by atoms with Crippen LogP contribution in [0.1, 0.15) is 0 Å². The van der Waals surface area contributed by atoms with Crippen LogP contribution in [0.3, 0.4) is 0 Å². The fourth-order valence-corrected chi connectivity index (χ4v) is 0.748. The summed E-state index contributed by atoms with van der Waals surface area (Å²) in [6.45, 7) is 0. The zero-order valence-electron chi connectivity index (χ0n) is 6.10. The third-order valence-electron chi connectivity index (χ3n) is 1.19. The fraction of sp³-hybridized carbons (Fsp3) is 0. The van der Waals surface area contributed by atoms with E-state index >= 15 is 0 Å². The van der Waals surface area contributed by atoms with Crippen LogP contribution in [0.5, 0.6) is 0 Å². The van der Waals surface area contributed by atoms with Gasteiger partial charge in [0.1, 0.15) is 0 Å². The maximum Gasteiger partial charge on any atom is -0.0354 e. The van der Waals surface area contributed by atoms with Crippen molar-refractivity contribution in [1.29, 1.82) is 0 Å². The van der Waals surface area contributed by atoms with Gasteiger partial charge in [-0.15, -0.1) is 0 Å². The standard InChI is InChI=1S/C8H4N4/c9-5-11-7-2-1-3-8(4-7)12-6-10/h1-4H/q-2. The van der Waals surface area contributed by atoms with Crippen LogP contribution < -0.4 is 0 Å². The van der Waals surface area contributed by atoms with Crippen LogP contribution >= 0.6 is 0 Å². The number of benzene rings is 1. The van der Waals surface area contributed by atoms with E-state index in [1.807, 2.05) is 0 Å². The Balaban J connectivity index is 3.11. The summed E-state index contributed by atoms with van der Waals surface area (Å²) in [6, 6.07) is 9.89. The maximum atomic E-state index is 8.23. The summed E-state index contributed by atoms with van der Waals surface area (Å²) < 4.78 is 0. The largest absolute Gasteiger partial charge is 0.422 e. The first-order chi connectivity index (χ1) is 5.86. The van der Waals surface area contributed by atoms with E-state index in [1.165, 1.54) is 0 Å². The van der Waals surface area contributed by atoms with Gasteiger partial charge >= 0.3 is 0 Å². The second-order valence-electron chi connectivity index (χ2n) is 1.94. The molecule has 12 heavy (non-hydrogen) atoms. The molecule has 1 aromatic carbocycles. The molecule has 0 bridgehead atoms. The highest BCUT2D eigenvalue weighted by Gasteiger charge is 1.80. The van der Waals surface area contributed by atoms with Gasteiger partial charge in [-0.05, 0) is 11.4 Å². The Kier molecular flexibility index (Phi) is 2.68. The minimum atomic E-state index is 0.508. The zero-order chi connectivity index (χ0) is 8.81. The van der Waals surface area contributed by atoms with Crippen LogP contribution in [0.2, 0.25) is 0 Å². The maximum absolute atomic E-state index is 8.23. The molecule has 0 fully saturated rings. The molecule has 0 aliphatic carbocycles. The fourth-order valence-electron chi connectivity index (χ4n) is 0.748. The lowest BCUT2D eigenvalue weighted by atomic mass is 10.3. The normalized spacial score (nSPS) is 8.00. The third kappa shape index (κ3) is 1.99. The molecule has 0 aliphatic rings. The molecular formula is C8H4N4-2. The molecule has 0 aromatic heterocycles. The summed E-state index contributed by atoms with van der Waals surface area (Å²) in [5.74, 6) is 0. The zero-order valence-corrected chi connectivity index (χ0v) is 6.10. The highest BCUT2D eigenvalue weighted by atomic mass is 14.8. The molecule has 4 heteroatoms. The van der Waals surface area contributed by atoms with Crippen molar-refractivity contribution < 1.29 is 0 Å². The van der Waals surface area contributed by atoms with Crippen LogP contribution in [0.25, 0.3) is 10.8 Å². The first-order valence-corrected chi connectivity index (χ1v) is 3.16. The highest BCUT2D eigenvalue weighted by Crippen LogP contribution is 2.18. The van der Waals surface area contributed by atoms with Gasteiger partial charge in [0.2, 0.25) is 0 Å². The molecular weight excluding hydrogens is 152 g/mol. The first-order valence-electron chi connectivity index (χ1n) is 3.16. The number of hydrogen-bond acceptors (Lipinski definition) is 2. The van der Waals surface area contributed by atoms with Crippen LogP contribution in [-0.4, -0.2) is 12.0 Å². The molecule has 0 heterocycles. The average molecular weight is 156 g/mol. The molecule has 0 N–H and O–H groups in total. The van der Waals surface area contributed by atoms with Gasteiger partial charge in [0.05, 0.1) is 0 Å². The Morgan fingerprint density at radius 1 is 1.00 bits per heavy atom. The van der Waals surface area contributed by atoms with Gasteiger partial charge in [0, 0.05) is 0 Å². The summed E-state index contributed by atoms with van der Waals surface area (Å²) >= 11 is 0. The van der Waals surface area contributed by atoms with Crippen molar-refractivity contribution in [2.45, 2.75) is 0 Å². The smallest absolute Gasteiger partial charge is 0.0354 e. The predicted octanol–water partition coefficient (Wildman–Crippen LogP) is 2.44. The molecule has 0 saturated carbocycles. The molecule has 58 valence electrons. The van der Waals surface area contributed by atoms with Gasteiger partial charge < -0.3 is 20.8 Å². The van der Waals surface area contributed by atoms with E-state index in [1.54, 1.807) is 36.3 Å². The van der Waals surface area contributed by atoms with E-state index in [9.17, 15) is 0 Å².